The first kappa shape index (κ1) is 20.4. The smallest absolute Gasteiger partial charge is 0.330 e. The third-order valence-electron chi connectivity index (χ3n) is 5.13. The lowest BCUT2D eigenvalue weighted by Crippen LogP contribution is -2.76. The number of hydrogen-bond acceptors (Lipinski definition) is 6. The van der Waals surface area contributed by atoms with Crippen LogP contribution in [0.2, 0.25) is 0 Å². The van der Waals surface area contributed by atoms with Crippen LogP contribution in [0, 0.1) is 12.3 Å². The molecule has 1 heterocycles. The molecular weight excluding hydrogens is 364 g/mol. The number of hydrogen-bond donors (Lipinski definition) is 3. The molecule has 0 bridgehead atoms. The normalized spacial score (nSPS) is 24.7. The summed E-state index contributed by atoms with van der Waals surface area (Å²) in [6.07, 6.45) is -0.192. The summed E-state index contributed by atoms with van der Waals surface area (Å²) in [5.41, 5.74) is -2.40. The largest absolute Gasteiger partial charge is 0.479 e. The molecule has 0 radical (unpaired) electrons. The molecular formula is C16H24N2O7S. The standard InChI is InChI=1S/C16H24N2O7S/c1-6-24-11-8-16(14(20)21,15(11,3)4)18-13(19)10-7-12(25-9(10)2)26(22,23)17-5/h7,11,17H,6,8H2,1-5H3,(H,18,19)(H,20,21). The number of carboxylic acids is 1. The Morgan fingerprint density at radius 2 is 2.04 bits per heavy atom. The molecule has 10 heteroatoms. The molecule has 1 aliphatic carbocycles. The van der Waals surface area contributed by atoms with Crippen molar-refractivity contribution in [1.82, 2.24) is 10.0 Å². The molecule has 1 fully saturated rings. The van der Waals surface area contributed by atoms with E-state index in [0.717, 1.165) is 6.07 Å². The van der Waals surface area contributed by atoms with E-state index in [1.54, 1.807) is 13.8 Å². The van der Waals surface area contributed by atoms with Gasteiger partial charge in [0.2, 0.25) is 5.09 Å². The topological polar surface area (TPSA) is 135 Å². The lowest BCUT2D eigenvalue weighted by Gasteiger charge is -2.58. The summed E-state index contributed by atoms with van der Waals surface area (Å²) >= 11 is 0. The van der Waals surface area contributed by atoms with Gasteiger partial charge in [-0.2, -0.15) is 0 Å². The highest BCUT2D eigenvalue weighted by Gasteiger charge is 2.66. The lowest BCUT2D eigenvalue weighted by molar-refractivity contribution is -0.190. The molecule has 9 nitrogen and oxygen atoms in total. The Bertz CT molecular complexity index is 828. The van der Waals surface area contributed by atoms with Crippen molar-refractivity contribution < 1.29 is 32.3 Å². The van der Waals surface area contributed by atoms with E-state index < -0.39 is 37.9 Å². The molecule has 1 aliphatic rings. The van der Waals surface area contributed by atoms with Gasteiger partial charge in [0, 0.05) is 24.5 Å². The third kappa shape index (κ3) is 3.01. The monoisotopic (exact) mass is 388 g/mol. The predicted molar refractivity (Wildman–Crippen MR) is 91.3 cm³/mol. The molecule has 1 saturated carbocycles. The number of carbonyl (C=O) groups excluding carboxylic acids is 1. The quantitative estimate of drug-likeness (QED) is 0.631. The van der Waals surface area contributed by atoms with Gasteiger partial charge in [-0.25, -0.2) is 17.9 Å². The highest BCUT2D eigenvalue weighted by molar-refractivity contribution is 7.89. The van der Waals surface area contributed by atoms with Crippen LogP contribution in [0.1, 0.15) is 43.3 Å². The second kappa shape index (κ2) is 6.67. The summed E-state index contributed by atoms with van der Waals surface area (Å²) in [6.45, 7) is 7.11. The van der Waals surface area contributed by atoms with Gasteiger partial charge in [0.25, 0.3) is 15.9 Å². The summed E-state index contributed by atoms with van der Waals surface area (Å²) in [5.74, 6) is -1.81. The number of amides is 1. The van der Waals surface area contributed by atoms with E-state index in [1.165, 1.54) is 14.0 Å². The minimum absolute atomic E-state index is 0.0323. The number of furan rings is 1. The lowest BCUT2D eigenvalue weighted by atomic mass is 9.54. The number of carbonyl (C=O) groups is 2. The average Bonchev–Trinajstić information content (AvgIpc) is 2.96. The van der Waals surface area contributed by atoms with Crippen molar-refractivity contribution in [3.63, 3.8) is 0 Å². The molecule has 26 heavy (non-hydrogen) atoms. The fourth-order valence-corrected chi connectivity index (χ4v) is 3.92. The van der Waals surface area contributed by atoms with Crippen LogP contribution in [0.3, 0.4) is 0 Å². The summed E-state index contributed by atoms with van der Waals surface area (Å²) in [6, 6.07) is 1.08. The molecule has 0 aliphatic heterocycles. The molecule has 0 saturated heterocycles. The highest BCUT2D eigenvalue weighted by Crippen LogP contribution is 2.51. The van der Waals surface area contributed by atoms with E-state index in [2.05, 4.69) is 10.0 Å². The Morgan fingerprint density at radius 1 is 1.42 bits per heavy atom. The van der Waals surface area contributed by atoms with Crippen LogP contribution in [0.4, 0.5) is 0 Å². The molecule has 0 aromatic carbocycles. The van der Waals surface area contributed by atoms with Gasteiger partial charge in [0.05, 0.1) is 11.7 Å². The molecule has 1 aromatic heterocycles. The van der Waals surface area contributed by atoms with Gasteiger partial charge in [-0.15, -0.1) is 0 Å². The zero-order valence-corrected chi connectivity index (χ0v) is 16.2. The highest BCUT2D eigenvalue weighted by atomic mass is 32.2. The Hall–Kier alpha value is -1.91. The number of nitrogens with one attached hydrogen (secondary N) is 2. The van der Waals surface area contributed by atoms with Crippen molar-refractivity contribution in [2.45, 2.75) is 50.9 Å². The van der Waals surface area contributed by atoms with Gasteiger partial charge in [-0.1, -0.05) is 13.8 Å². The molecule has 2 rings (SSSR count). The van der Waals surface area contributed by atoms with E-state index in [0.29, 0.717) is 6.61 Å². The van der Waals surface area contributed by atoms with Gasteiger partial charge in [0.15, 0.2) is 0 Å². The van der Waals surface area contributed by atoms with Crippen LogP contribution in [-0.2, 0) is 19.6 Å². The zero-order valence-electron chi connectivity index (χ0n) is 15.4. The summed E-state index contributed by atoms with van der Waals surface area (Å²) in [7, 11) is -2.64. The molecule has 0 spiro atoms. The van der Waals surface area contributed by atoms with Crippen molar-refractivity contribution >= 4 is 21.9 Å². The van der Waals surface area contributed by atoms with Crippen LogP contribution in [0.25, 0.3) is 0 Å². The van der Waals surface area contributed by atoms with Crippen molar-refractivity contribution in [3.8, 4) is 0 Å². The number of sulfonamides is 1. The van der Waals surface area contributed by atoms with E-state index in [4.69, 9.17) is 9.15 Å². The maximum atomic E-state index is 12.7. The van der Waals surface area contributed by atoms with Crippen molar-refractivity contribution in [3.05, 3.63) is 17.4 Å². The summed E-state index contributed by atoms with van der Waals surface area (Å²) in [4.78, 5) is 24.6. The summed E-state index contributed by atoms with van der Waals surface area (Å²) in [5, 5.41) is 11.9. The first-order valence-electron chi connectivity index (χ1n) is 8.14. The maximum Gasteiger partial charge on any atom is 0.330 e. The van der Waals surface area contributed by atoms with Gasteiger partial charge in [-0.05, 0) is 20.9 Å². The Kier molecular flexibility index (Phi) is 5.24. The minimum atomic E-state index is -3.86. The number of rotatable bonds is 7. The number of ether oxygens (including phenoxy) is 1. The van der Waals surface area contributed by atoms with Crippen LogP contribution in [-0.4, -0.2) is 50.7 Å². The molecule has 1 aromatic rings. The molecule has 146 valence electrons. The predicted octanol–water partition coefficient (Wildman–Crippen LogP) is 0.884. The van der Waals surface area contributed by atoms with E-state index in [9.17, 15) is 23.1 Å². The van der Waals surface area contributed by atoms with Gasteiger partial charge in [-0.3, -0.25) is 4.79 Å². The Balaban J connectivity index is 2.33. The first-order chi connectivity index (χ1) is 11.9. The van der Waals surface area contributed by atoms with Gasteiger partial charge < -0.3 is 19.6 Å². The first-order valence-corrected chi connectivity index (χ1v) is 9.62. The van der Waals surface area contributed by atoms with E-state index in [1.807, 2.05) is 6.92 Å². The summed E-state index contributed by atoms with van der Waals surface area (Å²) < 4.78 is 36.4. The van der Waals surface area contributed by atoms with Crippen molar-refractivity contribution in [1.29, 1.82) is 0 Å². The molecule has 3 N–H and O–H groups in total. The zero-order chi connectivity index (χ0) is 19.9. The molecule has 2 unspecified atom stereocenters. The van der Waals surface area contributed by atoms with Crippen molar-refractivity contribution in [2.24, 2.45) is 5.41 Å². The number of aryl methyl sites for hydroxylation is 1. The second-order valence-electron chi connectivity index (χ2n) is 6.78. The third-order valence-corrected chi connectivity index (χ3v) is 6.40. The van der Waals surface area contributed by atoms with Crippen LogP contribution in [0.15, 0.2) is 15.6 Å². The van der Waals surface area contributed by atoms with Gasteiger partial charge in [0.1, 0.15) is 11.3 Å². The molecule has 2 atom stereocenters. The maximum absolute atomic E-state index is 12.7. The molecule has 1 amide bonds. The van der Waals surface area contributed by atoms with Crippen LogP contribution in [0.5, 0.6) is 0 Å². The number of aliphatic carboxylic acids is 1. The van der Waals surface area contributed by atoms with Gasteiger partial charge >= 0.3 is 5.97 Å². The SMILES string of the molecule is CCOC1CC(NC(=O)c2cc(S(=O)(=O)NC)oc2C)(C(=O)O)C1(C)C. The fraction of sp³-hybridized carbons (Fsp3) is 0.625. The van der Waals surface area contributed by atoms with E-state index in [-0.39, 0.29) is 23.8 Å². The Morgan fingerprint density at radius 3 is 2.50 bits per heavy atom. The van der Waals surface area contributed by atoms with E-state index >= 15 is 0 Å². The van der Waals surface area contributed by atoms with Crippen LogP contribution >= 0.6 is 0 Å². The minimum Gasteiger partial charge on any atom is -0.479 e. The fourth-order valence-electron chi connectivity index (χ4n) is 3.21. The van der Waals surface area contributed by atoms with Crippen molar-refractivity contribution in [2.75, 3.05) is 13.7 Å². The Labute approximate surface area is 152 Å². The number of carboxylic acid groups (broad SMARTS) is 1. The second-order valence-corrected chi connectivity index (χ2v) is 8.59. The van der Waals surface area contributed by atoms with Crippen LogP contribution < -0.4 is 10.0 Å². The average molecular weight is 388 g/mol.